The Balaban J connectivity index is 1.79. The van der Waals surface area contributed by atoms with Crippen molar-refractivity contribution in [2.75, 3.05) is 19.7 Å². The molecule has 1 heterocycles. The first-order valence-electron chi connectivity index (χ1n) is 5.19. The van der Waals surface area contributed by atoms with Gasteiger partial charge in [0.1, 0.15) is 0 Å². The third kappa shape index (κ3) is 1.85. The molecule has 3 heteroatoms. The SMILES string of the molecule is CCOC(=O)CN1CC2CCC1C2. The van der Waals surface area contributed by atoms with Crippen LogP contribution in [0.25, 0.3) is 0 Å². The van der Waals surface area contributed by atoms with Crippen molar-refractivity contribution in [3.05, 3.63) is 0 Å². The van der Waals surface area contributed by atoms with E-state index in [1.54, 1.807) is 0 Å². The highest BCUT2D eigenvalue weighted by atomic mass is 16.5. The quantitative estimate of drug-likeness (QED) is 0.612. The van der Waals surface area contributed by atoms with E-state index < -0.39 is 0 Å². The van der Waals surface area contributed by atoms with E-state index in [-0.39, 0.29) is 5.97 Å². The third-order valence-corrected chi connectivity index (χ3v) is 3.16. The average Bonchev–Trinajstić information content (AvgIpc) is 2.65. The highest BCUT2D eigenvalue weighted by Gasteiger charge is 2.38. The van der Waals surface area contributed by atoms with Gasteiger partial charge < -0.3 is 4.74 Å². The smallest absolute Gasteiger partial charge is 0.320 e. The topological polar surface area (TPSA) is 29.5 Å². The van der Waals surface area contributed by atoms with Crippen LogP contribution in [0.5, 0.6) is 0 Å². The normalized spacial score (nSPS) is 32.4. The van der Waals surface area contributed by atoms with Crippen LogP contribution in [0.2, 0.25) is 0 Å². The van der Waals surface area contributed by atoms with Crippen LogP contribution >= 0.6 is 0 Å². The van der Waals surface area contributed by atoms with Gasteiger partial charge in [0.05, 0.1) is 13.2 Å². The van der Waals surface area contributed by atoms with E-state index in [2.05, 4.69) is 4.90 Å². The third-order valence-electron chi connectivity index (χ3n) is 3.16. The van der Waals surface area contributed by atoms with Crippen LogP contribution < -0.4 is 0 Å². The van der Waals surface area contributed by atoms with E-state index in [0.29, 0.717) is 19.2 Å². The van der Waals surface area contributed by atoms with Crippen molar-refractivity contribution in [2.45, 2.75) is 32.2 Å². The number of esters is 1. The van der Waals surface area contributed by atoms with Gasteiger partial charge in [0.25, 0.3) is 0 Å². The molecule has 3 nitrogen and oxygen atoms in total. The Morgan fingerprint density at radius 2 is 2.38 bits per heavy atom. The van der Waals surface area contributed by atoms with E-state index in [4.69, 9.17) is 4.74 Å². The molecule has 2 aliphatic rings. The van der Waals surface area contributed by atoms with E-state index in [1.807, 2.05) is 6.92 Å². The Kier molecular flexibility index (Phi) is 2.54. The van der Waals surface area contributed by atoms with Gasteiger partial charge in [0.2, 0.25) is 0 Å². The number of likely N-dealkylation sites (tertiary alicyclic amines) is 1. The van der Waals surface area contributed by atoms with Gasteiger partial charge in [-0.3, -0.25) is 9.69 Å². The lowest BCUT2D eigenvalue weighted by Crippen LogP contribution is -2.37. The van der Waals surface area contributed by atoms with Crippen molar-refractivity contribution < 1.29 is 9.53 Å². The van der Waals surface area contributed by atoms with Gasteiger partial charge in [0.15, 0.2) is 0 Å². The molecule has 0 aromatic heterocycles. The maximum Gasteiger partial charge on any atom is 0.320 e. The molecule has 74 valence electrons. The predicted octanol–water partition coefficient (Wildman–Crippen LogP) is 1.03. The molecule has 0 amide bonds. The number of ether oxygens (including phenoxy) is 1. The summed E-state index contributed by atoms with van der Waals surface area (Å²) in [6, 6.07) is 0.675. The largest absolute Gasteiger partial charge is 0.465 e. The molecular weight excluding hydrogens is 166 g/mol. The van der Waals surface area contributed by atoms with Gasteiger partial charge in [-0.25, -0.2) is 0 Å². The molecule has 2 fully saturated rings. The fraction of sp³-hybridized carbons (Fsp3) is 0.900. The van der Waals surface area contributed by atoms with Crippen LogP contribution in [0, 0.1) is 5.92 Å². The zero-order chi connectivity index (χ0) is 9.26. The summed E-state index contributed by atoms with van der Waals surface area (Å²) < 4.78 is 4.93. The lowest BCUT2D eigenvalue weighted by Gasteiger charge is -2.25. The molecule has 0 aromatic rings. The summed E-state index contributed by atoms with van der Waals surface area (Å²) in [5, 5.41) is 0. The first-order chi connectivity index (χ1) is 6.29. The molecule has 0 radical (unpaired) electrons. The highest BCUT2D eigenvalue weighted by Crippen LogP contribution is 2.36. The summed E-state index contributed by atoms with van der Waals surface area (Å²) in [6.07, 6.45) is 3.95. The molecule has 0 N–H and O–H groups in total. The maximum atomic E-state index is 11.2. The van der Waals surface area contributed by atoms with Crippen LogP contribution in [-0.4, -0.2) is 36.6 Å². The minimum absolute atomic E-state index is 0.0601. The van der Waals surface area contributed by atoms with Crippen molar-refractivity contribution in [1.29, 1.82) is 0 Å². The van der Waals surface area contributed by atoms with Crippen molar-refractivity contribution in [2.24, 2.45) is 5.92 Å². The Morgan fingerprint density at radius 1 is 1.54 bits per heavy atom. The standard InChI is InChI=1S/C10H17NO2/c1-2-13-10(12)7-11-6-8-3-4-9(11)5-8/h8-9H,2-7H2,1H3. The van der Waals surface area contributed by atoms with Crippen molar-refractivity contribution in [3.63, 3.8) is 0 Å². The molecule has 2 bridgehead atoms. The summed E-state index contributed by atoms with van der Waals surface area (Å²) in [5.74, 6) is 0.800. The second-order valence-corrected chi connectivity index (χ2v) is 4.07. The zero-order valence-electron chi connectivity index (χ0n) is 8.16. The number of hydrogen-bond donors (Lipinski definition) is 0. The molecule has 13 heavy (non-hydrogen) atoms. The molecule has 1 saturated heterocycles. The number of carbonyl (C=O) groups is 1. The van der Waals surface area contributed by atoms with Crippen molar-refractivity contribution in [1.82, 2.24) is 4.90 Å². The van der Waals surface area contributed by atoms with Crippen LogP contribution in [0.1, 0.15) is 26.2 Å². The summed E-state index contributed by atoms with van der Waals surface area (Å²) in [7, 11) is 0. The predicted molar refractivity (Wildman–Crippen MR) is 49.3 cm³/mol. The van der Waals surface area contributed by atoms with E-state index in [9.17, 15) is 4.79 Å². The second-order valence-electron chi connectivity index (χ2n) is 4.07. The highest BCUT2D eigenvalue weighted by molar-refractivity contribution is 5.71. The van der Waals surface area contributed by atoms with Crippen LogP contribution in [0.15, 0.2) is 0 Å². The van der Waals surface area contributed by atoms with Crippen molar-refractivity contribution >= 4 is 5.97 Å². The van der Waals surface area contributed by atoms with E-state index in [0.717, 1.165) is 12.5 Å². The summed E-state index contributed by atoms with van der Waals surface area (Å²) in [4.78, 5) is 13.5. The minimum Gasteiger partial charge on any atom is -0.465 e. The van der Waals surface area contributed by atoms with Crippen LogP contribution in [0.4, 0.5) is 0 Å². The minimum atomic E-state index is -0.0601. The first kappa shape index (κ1) is 9.00. The number of hydrogen-bond acceptors (Lipinski definition) is 3. The summed E-state index contributed by atoms with van der Waals surface area (Å²) in [6.45, 7) is 3.98. The van der Waals surface area contributed by atoms with Crippen molar-refractivity contribution in [3.8, 4) is 0 Å². The average molecular weight is 183 g/mol. The van der Waals surface area contributed by atoms with Gasteiger partial charge in [0, 0.05) is 12.6 Å². The molecule has 1 aliphatic heterocycles. The fourth-order valence-corrected chi connectivity index (χ4v) is 2.59. The number of nitrogens with zero attached hydrogens (tertiary/aromatic N) is 1. The second kappa shape index (κ2) is 3.66. The molecule has 1 aliphatic carbocycles. The van der Waals surface area contributed by atoms with Gasteiger partial charge in [-0.05, 0) is 32.1 Å². The number of fused-ring (bicyclic) bond motifs is 2. The molecule has 2 unspecified atom stereocenters. The lowest BCUT2D eigenvalue weighted by atomic mass is 10.1. The molecular formula is C10H17NO2. The number of carbonyl (C=O) groups excluding carboxylic acids is 1. The zero-order valence-corrected chi connectivity index (χ0v) is 8.16. The van der Waals surface area contributed by atoms with Gasteiger partial charge in [-0.15, -0.1) is 0 Å². The molecule has 1 saturated carbocycles. The Bertz CT molecular complexity index is 205. The maximum absolute atomic E-state index is 11.2. The summed E-state index contributed by atoms with van der Waals surface area (Å²) in [5.41, 5.74) is 0. The summed E-state index contributed by atoms with van der Waals surface area (Å²) >= 11 is 0. The molecule has 2 atom stereocenters. The monoisotopic (exact) mass is 183 g/mol. The lowest BCUT2D eigenvalue weighted by molar-refractivity contribution is -0.144. The molecule has 0 spiro atoms. The van der Waals surface area contributed by atoms with Crippen LogP contribution in [0.3, 0.4) is 0 Å². The van der Waals surface area contributed by atoms with Gasteiger partial charge in [-0.2, -0.15) is 0 Å². The van der Waals surface area contributed by atoms with Crippen LogP contribution in [-0.2, 0) is 9.53 Å². The molecule has 2 rings (SSSR count). The fourth-order valence-electron chi connectivity index (χ4n) is 2.59. The Labute approximate surface area is 79.0 Å². The first-order valence-corrected chi connectivity index (χ1v) is 5.19. The Hall–Kier alpha value is -0.570. The Morgan fingerprint density at radius 3 is 2.92 bits per heavy atom. The van der Waals surface area contributed by atoms with E-state index in [1.165, 1.54) is 19.3 Å². The van der Waals surface area contributed by atoms with E-state index >= 15 is 0 Å². The number of piperidine rings is 1. The van der Waals surface area contributed by atoms with Gasteiger partial charge in [-0.1, -0.05) is 0 Å². The number of rotatable bonds is 3. The molecule has 0 aromatic carbocycles. The van der Waals surface area contributed by atoms with Gasteiger partial charge >= 0.3 is 5.97 Å².